The Bertz CT molecular complexity index is 690. The molecule has 0 amide bonds. The maximum Gasteiger partial charge on any atom is 0.260 e. The maximum atomic E-state index is 12.5. The summed E-state index contributed by atoms with van der Waals surface area (Å²) < 4.78 is 26.4. The highest BCUT2D eigenvalue weighted by molar-refractivity contribution is 7.89. The van der Waals surface area contributed by atoms with Crippen molar-refractivity contribution in [1.82, 2.24) is 14.5 Å². The zero-order valence-electron chi connectivity index (χ0n) is 10.0. The van der Waals surface area contributed by atoms with Crippen LogP contribution in [0, 0.1) is 0 Å². The number of thiophene rings is 1. The van der Waals surface area contributed by atoms with Crippen LogP contribution in [0.15, 0.2) is 22.7 Å². The molecule has 0 aromatic carbocycles. The van der Waals surface area contributed by atoms with Crippen molar-refractivity contribution < 1.29 is 13.5 Å². The smallest absolute Gasteiger partial charge is 0.260 e. The van der Waals surface area contributed by atoms with E-state index in [-0.39, 0.29) is 11.6 Å². The van der Waals surface area contributed by atoms with E-state index in [4.69, 9.17) is 5.11 Å². The highest BCUT2D eigenvalue weighted by Gasteiger charge is 2.31. The SMILES string of the molecule is O=S(=O)(c1[nH]ncc1CO)N1CCc2sccc2C1. The Kier molecular flexibility index (Phi) is 3.17. The number of sulfonamides is 1. The predicted molar refractivity (Wildman–Crippen MR) is 70.1 cm³/mol. The molecule has 0 saturated heterocycles. The fourth-order valence-corrected chi connectivity index (χ4v) is 4.60. The molecule has 0 spiro atoms. The number of rotatable bonds is 3. The van der Waals surface area contributed by atoms with Crippen molar-refractivity contribution >= 4 is 21.4 Å². The van der Waals surface area contributed by atoms with Gasteiger partial charge in [0, 0.05) is 23.5 Å². The van der Waals surface area contributed by atoms with Gasteiger partial charge < -0.3 is 5.11 Å². The lowest BCUT2D eigenvalue weighted by atomic mass is 10.1. The highest BCUT2D eigenvalue weighted by Crippen LogP contribution is 2.28. The van der Waals surface area contributed by atoms with Crippen molar-refractivity contribution in [1.29, 1.82) is 0 Å². The molecule has 0 bridgehead atoms. The molecule has 2 aromatic heterocycles. The van der Waals surface area contributed by atoms with Crippen molar-refractivity contribution in [3.05, 3.63) is 33.6 Å². The molecule has 8 heteroatoms. The molecule has 3 heterocycles. The van der Waals surface area contributed by atoms with Crippen LogP contribution in [0.25, 0.3) is 0 Å². The molecule has 1 aliphatic heterocycles. The van der Waals surface area contributed by atoms with Gasteiger partial charge in [-0.1, -0.05) is 0 Å². The largest absolute Gasteiger partial charge is 0.392 e. The molecule has 19 heavy (non-hydrogen) atoms. The second-order valence-electron chi connectivity index (χ2n) is 4.34. The summed E-state index contributed by atoms with van der Waals surface area (Å²) in [5.74, 6) is 0. The average molecular weight is 299 g/mol. The topological polar surface area (TPSA) is 86.3 Å². The van der Waals surface area contributed by atoms with Gasteiger partial charge in [0.05, 0.1) is 12.8 Å². The highest BCUT2D eigenvalue weighted by atomic mass is 32.2. The normalized spacial score (nSPS) is 16.5. The van der Waals surface area contributed by atoms with Gasteiger partial charge in [0.25, 0.3) is 10.0 Å². The van der Waals surface area contributed by atoms with Crippen molar-refractivity contribution in [2.75, 3.05) is 6.54 Å². The van der Waals surface area contributed by atoms with E-state index in [1.165, 1.54) is 15.4 Å². The standard InChI is InChI=1S/C11H13N3O3S2/c15-7-9-5-12-13-11(9)19(16,17)14-3-1-10-8(6-14)2-4-18-10/h2,4-5,15H,1,3,6-7H2,(H,12,13). The Morgan fingerprint density at radius 3 is 3.16 bits per heavy atom. The van der Waals surface area contributed by atoms with E-state index in [0.29, 0.717) is 18.7 Å². The summed E-state index contributed by atoms with van der Waals surface area (Å²) in [5.41, 5.74) is 1.36. The van der Waals surface area contributed by atoms with Gasteiger partial charge in [-0.25, -0.2) is 8.42 Å². The third-order valence-electron chi connectivity index (χ3n) is 3.22. The second-order valence-corrected chi connectivity index (χ2v) is 7.22. The molecule has 0 aliphatic carbocycles. The number of aromatic nitrogens is 2. The maximum absolute atomic E-state index is 12.5. The van der Waals surface area contributed by atoms with Gasteiger partial charge >= 0.3 is 0 Å². The Morgan fingerprint density at radius 1 is 1.53 bits per heavy atom. The fraction of sp³-hybridized carbons (Fsp3) is 0.364. The number of fused-ring (bicyclic) bond motifs is 1. The van der Waals surface area contributed by atoms with Crippen molar-refractivity contribution in [2.24, 2.45) is 0 Å². The number of aliphatic hydroxyl groups is 1. The van der Waals surface area contributed by atoms with Gasteiger partial charge in [-0.15, -0.1) is 11.3 Å². The van der Waals surface area contributed by atoms with Crippen LogP contribution < -0.4 is 0 Å². The van der Waals surface area contributed by atoms with E-state index in [0.717, 1.165) is 12.0 Å². The summed E-state index contributed by atoms with van der Waals surface area (Å²) in [5, 5.41) is 17.3. The van der Waals surface area contributed by atoms with Crippen LogP contribution in [0.5, 0.6) is 0 Å². The van der Waals surface area contributed by atoms with E-state index in [1.54, 1.807) is 11.3 Å². The zero-order chi connectivity index (χ0) is 13.5. The fourth-order valence-electron chi connectivity index (χ4n) is 2.19. The molecule has 0 saturated carbocycles. The van der Waals surface area contributed by atoms with Gasteiger partial charge in [0.2, 0.25) is 0 Å². The molecule has 2 N–H and O–H groups in total. The van der Waals surface area contributed by atoms with Crippen LogP contribution in [0.2, 0.25) is 0 Å². The minimum absolute atomic E-state index is 0.00585. The summed E-state index contributed by atoms with van der Waals surface area (Å²) in [6.07, 6.45) is 2.07. The van der Waals surface area contributed by atoms with Crippen LogP contribution in [0.4, 0.5) is 0 Å². The molecule has 102 valence electrons. The summed E-state index contributed by atoms with van der Waals surface area (Å²) in [6, 6.07) is 1.96. The first kappa shape index (κ1) is 12.8. The van der Waals surface area contributed by atoms with Crippen molar-refractivity contribution in [3.63, 3.8) is 0 Å². The minimum atomic E-state index is -3.62. The van der Waals surface area contributed by atoms with Gasteiger partial charge in [0.1, 0.15) is 0 Å². The van der Waals surface area contributed by atoms with Gasteiger partial charge in [-0.05, 0) is 23.4 Å². The molecular formula is C11H13N3O3S2. The van der Waals surface area contributed by atoms with Crippen LogP contribution in [-0.2, 0) is 29.6 Å². The number of aromatic amines is 1. The molecule has 0 atom stereocenters. The number of nitrogens with zero attached hydrogens (tertiary/aromatic N) is 2. The molecule has 1 aliphatic rings. The van der Waals surface area contributed by atoms with Gasteiger partial charge in [-0.3, -0.25) is 5.10 Å². The number of H-pyrrole nitrogens is 1. The first-order valence-corrected chi connectivity index (χ1v) is 8.13. The van der Waals surface area contributed by atoms with Gasteiger partial charge in [-0.2, -0.15) is 9.40 Å². The first-order chi connectivity index (χ1) is 9.13. The Balaban J connectivity index is 1.94. The zero-order valence-corrected chi connectivity index (χ0v) is 11.7. The average Bonchev–Trinajstić information content (AvgIpc) is 3.06. The minimum Gasteiger partial charge on any atom is -0.392 e. The third-order valence-corrected chi connectivity index (χ3v) is 6.10. The molecular weight excluding hydrogens is 286 g/mol. The summed E-state index contributed by atoms with van der Waals surface area (Å²) in [6.45, 7) is 0.493. The quantitative estimate of drug-likeness (QED) is 0.874. The van der Waals surface area contributed by atoms with Crippen LogP contribution in [0.1, 0.15) is 16.0 Å². The lowest BCUT2D eigenvalue weighted by Crippen LogP contribution is -2.36. The Hall–Kier alpha value is -1.22. The molecule has 6 nitrogen and oxygen atoms in total. The third kappa shape index (κ3) is 2.10. The lowest BCUT2D eigenvalue weighted by molar-refractivity contribution is 0.277. The van der Waals surface area contributed by atoms with Crippen molar-refractivity contribution in [2.45, 2.75) is 24.6 Å². The van der Waals surface area contributed by atoms with E-state index >= 15 is 0 Å². The molecule has 0 unspecified atom stereocenters. The predicted octanol–water partition coefficient (Wildman–Crippen LogP) is 0.710. The lowest BCUT2D eigenvalue weighted by Gasteiger charge is -2.25. The summed E-state index contributed by atoms with van der Waals surface area (Å²) in [4.78, 5) is 1.25. The van der Waals surface area contributed by atoms with Crippen LogP contribution in [-0.4, -0.2) is 34.6 Å². The summed E-state index contributed by atoms with van der Waals surface area (Å²) in [7, 11) is -3.62. The second kappa shape index (κ2) is 4.71. The first-order valence-electron chi connectivity index (χ1n) is 5.81. The molecule has 2 aromatic rings. The number of hydrogen-bond acceptors (Lipinski definition) is 5. The molecule has 0 fully saturated rings. The van der Waals surface area contributed by atoms with E-state index < -0.39 is 10.0 Å². The van der Waals surface area contributed by atoms with Crippen LogP contribution >= 0.6 is 11.3 Å². The van der Waals surface area contributed by atoms with E-state index in [1.807, 2.05) is 11.4 Å². The number of nitrogens with one attached hydrogen (secondary N) is 1. The van der Waals surface area contributed by atoms with E-state index in [2.05, 4.69) is 10.2 Å². The Labute approximate surface area is 114 Å². The van der Waals surface area contributed by atoms with Crippen molar-refractivity contribution in [3.8, 4) is 0 Å². The number of aliphatic hydroxyl groups excluding tert-OH is 1. The monoisotopic (exact) mass is 299 g/mol. The van der Waals surface area contributed by atoms with Gasteiger partial charge in [0.15, 0.2) is 5.03 Å². The molecule has 0 radical (unpaired) electrons. The Morgan fingerprint density at radius 2 is 2.37 bits per heavy atom. The molecule has 3 rings (SSSR count). The van der Waals surface area contributed by atoms with E-state index in [9.17, 15) is 8.42 Å². The summed E-state index contributed by atoms with van der Waals surface area (Å²) >= 11 is 1.66. The number of hydrogen-bond donors (Lipinski definition) is 2. The van der Waals surface area contributed by atoms with Crippen LogP contribution in [0.3, 0.4) is 0 Å².